The van der Waals surface area contributed by atoms with Crippen LogP contribution in [0, 0.1) is 0 Å². The number of hydrogen-bond acceptors (Lipinski definition) is 3. The molecule has 21 heavy (non-hydrogen) atoms. The lowest BCUT2D eigenvalue weighted by atomic mass is 9.99. The predicted octanol–water partition coefficient (Wildman–Crippen LogP) is 2.42. The molecule has 1 atom stereocenters. The molecule has 2 heterocycles. The van der Waals surface area contributed by atoms with Gasteiger partial charge in [0.1, 0.15) is 5.75 Å². The average Bonchev–Trinajstić information content (AvgIpc) is 3.10. The highest BCUT2D eigenvalue weighted by Crippen LogP contribution is 2.29. The maximum atomic E-state index is 5.59. The average molecular weight is 285 g/mol. The topological polar surface area (TPSA) is 39.1 Å². The summed E-state index contributed by atoms with van der Waals surface area (Å²) in [5.41, 5.74) is 5.07. The molecule has 0 radical (unpaired) electrons. The monoisotopic (exact) mass is 285 g/mol. The van der Waals surface area contributed by atoms with E-state index in [1.807, 2.05) is 18.8 Å². The number of fused-ring (bicyclic) bond motifs is 1. The van der Waals surface area contributed by atoms with Gasteiger partial charge in [0.05, 0.1) is 12.3 Å². The van der Waals surface area contributed by atoms with Crippen LogP contribution in [-0.4, -0.2) is 23.4 Å². The van der Waals surface area contributed by atoms with Gasteiger partial charge in [-0.1, -0.05) is 19.1 Å². The van der Waals surface area contributed by atoms with Crippen molar-refractivity contribution >= 4 is 0 Å². The Morgan fingerprint density at radius 1 is 1.38 bits per heavy atom. The summed E-state index contributed by atoms with van der Waals surface area (Å²) < 4.78 is 7.59. The lowest BCUT2D eigenvalue weighted by Gasteiger charge is -2.17. The molecular weight excluding hydrogens is 262 g/mol. The van der Waals surface area contributed by atoms with Crippen molar-refractivity contribution in [3.05, 3.63) is 46.8 Å². The van der Waals surface area contributed by atoms with Crippen LogP contribution in [-0.2, 0) is 26.3 Å². The number of aromatic nitrogens is 2. The number of benzene rings is 1. The fraction of sp³-hybridized carbons (Fsp3) is 0.471. The standard InChI is InChI=1S/C17H23N3O/c1-4-14-10-15(20(3)19-14)11-16(18-2)12-5-6-17-13(9-12)7-8-21-17/h5-6,9-10,16,18H,4,7-8,11H2,1-3H3. The minimum Gasteiger partial charge on any atom is -0.493 e. The van der Waals surface area contributed by atoms with Gasteiger partial charge in [0.2, 0.25) is 0 Å². The van der Waals surface area contributed by atoms with Gasteiger partial charge in [0, 0.05) is 31.6 Å². The Hall–Kier alpha value is -1.81. The summed E-state index contributed by atoms with van der Waals surface area (Å²) in [5.74, 6) is 1.04. The van der Waals surface area contributed by atoms with E-state index < -0.39 is 0 Å². The first-order chi connectivity index (χ1) is 10.2. The number of ether oxygens (including phenoxy) is 1. The summed E-state index contributed by atoms with van der Waals surface area (Å²) in [6, 6.07) is 9.06. The number of hydrogen-bond donors (Lipinski definition) is 1. The fourth-order valence-corrected chi connectivity index (χ4v) is 2.95. The molecule has 2 aromatic rings. The molecule has 1 aromatic heterocycles. The summed E-state index contributed by atoms with van der Waals surface area (Å²) in [4.78, 5) is 0. The second-order valence-corrected chi connectivity index (χ2v) is 5.62. The van der Waals surface area contributed by atoms with Crippen LogP contribution in [0.4, 0.5) is 0 Å². The van der Waals surface area contributed by atoms with Gasteiger partial charge in [-0.15, -0.1) is 0 Å². The van der Waals surface area contributed by atoms with Crippen LogP contribution in [0.3, 0.4) is 0 Å². The molecule has 1 aliphatic rings. The molecule has 1 N–H and O–H groups in total. The fourth-order valence-electron chi connectivity index (χ4n) is 2.95. The van der Waals surface area contributed by atoms with Crippen molar-refractivity contribution in [2.75, 3.05) is 13.7 Å². The Labute approximate surface area is 126 Å². The van der Waals surface area contributed by atoms with Crippen molar-refractivity contribution in [3.8, 4) is 5.75 Å². The lowest BCUT2D eigenvalue weighted by Crippen LogP contribution is -2.20. The molecule has 1 aliphatic heterocycles. The summed E-state index contributed by atoms with van der Waals surface area (Å²) >= 11 is 0. The second-order valence-electron chi connectivity index (χ2n) is 5.62. The number of aryl methyl sites for hydroxylation is 2. The zero-order valence-electron chi connectivity index (χ0n) is 13.0. The molecule has 0 bridgehead atoms. The van der Waals surface area contributed by atoms with E-state index in [0.717, 1.165) is 37.3 Å². The molecular formula is C17H23N3O. The van der Waals surface area contributed by atoms with Crippen LogP contribution in [0.15, 0.2) is 24.3 Å². The maximum Gasteiger partial charge on any atom is 0.122 e. The molecule has 4 nitrogen and oxygen atoms in total. The van der Waals surface area contributed by atoms with Crippen molar-refractivity contribution < 1.29 is 4.74 Å². The van der Waals surface area contributed by atoms with Crippen LogP contribution >= 0.6 is 0 Å². The van der Waals surface area contributed by atoms with Crippen LogP contribution in [0.1, 0.15) is 35.5 Å². The summed E-state index contributed by atoms with van der Waals surface area (Å²) in [6.45, 7) is 2.95. The minimum atomic E-state index is 0.302. The summed E-state index contributed by atoms with van der Waals surface area (Å²) in [5, 5.41) is 7.97. The van der Waals surface area contributed by atoms with Crippen molar-refractivity contribution in [2.24, 2.45) is 7.05 Å². The second kappa shape index (κ2) is 5.90. The van der Waals surface area contributed by atoms with Gasteiger partial charge in [-0.05, 0) is 36.7 Å². The SMILES string of the molecule is CCc1cc(CC(NC)c2ccc3c(c2)CCO3)n(C)n1. The summed E-state index contributed by atoms with van der Waals surface area (Å²) in [7, 11) is 4.04. The van der Waals surface area contributed by atoms with Crippen LogP contribution in [0.5, 0.6) is 5.75 Å². The quantitative estimate of drug-likeness (QED) is 0.917. The zero-order chi connectivity index (χ0) is 14.8. The Morgan fingerprint density at radius 3 is 2.95 bits per heavy atom. The van der Waals surface area contributed by atoms with E-state index in [1.165, 1.54) is 16.8 Å². The molecule has 112 valence electrons. The van der Waals surface area contributed by atoms with E-state index in [-0.39, 0.29) is 0 Å². The number of nitrogens with one attached hydrogen (secondary N) is 1. The van der Waals surface area contributed by atoms with E-state index in [0.29, 0.717) is 6.04 Å². The molecule has 1 aromatic carbocycles. The van der Waals surface area contributed by atoms with Crippen molar-refractivity contribution in [1.29, 1.82) is 0 Å². The van der Waals surface area contributed by atoms with Gasteiger partial charge in [0.25, 0.3) is 0 Å². The first-order valence-corrected chi connectivity index (χ1v) is 7.66. The summed E-state index contributed by atoms with van der Waals surface area (Å²) in [6.07, 6.45) is 2.94. The molecule has 0 amide bonds. The normalized spacial score (nSPS) is 14.8. The molecule has 0 fully saturated rings. The smallest absolute Gasteiger partial charge is 0.122 e. The van der Waals surface area contributed by atoms with Crippen LogP contribution in [0.25, 0.3) is 0 Å². The lowest BCUT2D eigenvalue weighted by molar-refractivity contribution is 0.356. The number of rotatable bonds is 5. The van der Waals surface area contributed by atoms with Crippen LogP contribution in [0.2, 0.25) is 0 Å². The van der Waals surface area contributed by atoms with Gasteiger partial charge in [0.15, 0.2) is 0 Å². The van der Waals surface area contributed by atoms with Gasteiger partial charge in [-0.3, -0.25) is 4.68 Å². The molecule has 3 rings (SSSR count). The van der Waals surface area contributed by atoms with E-state index in [4.69, 9.17) is 4.74 Å². The Bertz CT molecular complexity index is 633. The maximum absolute atomic E-state index is 5.59. The van der Waals surface area contributed by atoms with Crippen LogP contribution < -0.4 is 10.1 Å². The van der Waals surface area contributed by atoms with Crippen molar-refractivity contribution in [2.45, 2.75) is 32.2 Å². The highest BCUT2D eigenvalue weighted by molar-refractivity contribution is 5.41. The Balaban J connectivity index is 1.83. The van der Waals surface area contributed by atoms with Gasteiger partial charge < -0.3 is 10.1 Å². The van der Waals surface area contributed by atoms with Crippen molar-refractivity contribution in [1.82, 2.24) is 15.1 Å². The number of likely N-dealkylation sites (N-methyl/N-ethyl adjacent to an activating group) is 1. The highest BCUT2D eigenvalue weighted by Gasteiger charge is 2.17. The largest absolute Gasteiger partial charge is 0.493 e. The molecule has 0 aliphatic carbocycles. The first-order valence-electron chi connectivity index (χ1n) is 7.66. The molecule has 4 heteroatoms. The molecule has 0 saturated carbocycles. The third-order valence-electron chi connectivity index (χ3n) is 4.27. The predicted molar refractivity (Wildman–Crippen MR) is 83.7 cm³/mol. The third-order valence-corrected chi connectivity index (χ3v) is 4.27. The Morgan fingerprint density at radius 2 is 2.24 bits per heavy atom. The van der Waals surface area contributed by atoms with Gasteiger partial charge in [-0.25, -0.2) is 0 Å². The molecule has 0 spiro atoms. The number of nitrogens with zero attached hydrogens (tertiary/aromatic N) is 2. The molecule has 1 unspecified atom stereocenters. The van der Waals surface area contributed by atoms with E-state index in [2.05, 4.69) is 41.6 Å². The third kappa shape index (κ3) is 2.81. The molecule has 0 saturated heterocycles. The van der Waals surface area contributed by atoms with E-state index in [9.17, 15) is 0 Å². The first kappa shape index (κ1) is 14.1. The zero-order valence-corrected chi connectivity index (χ0v) is 13.0. The van der Waals surface area contributed by atoms with Gasteiger partial charge >= 0.3 is 0 Å². The van der Waals surface area contributed by atoms with Gasteiger partial charge in [-0.2, -0.15) is 5.10 Å². The van der Waals surface area contributed by atoms with E-state index in [1.54, 1.807) is 0 Å². The Kier molecular flexibility index (Phi) is 3.97. The van der Waals surface area contributed by atoms with E-state index >= 15 is 0 Å². The minimum absolute atomic E-state index is 0.302. The van der Waals surface area contributed by atoms with Crippen molar-refractivity contribution in [3.63, 3.8) is 0 Å². The highest BCUT2D eigenvalue weighted by atomic mass is 16.5.